The van der Waals surface area contributed by atoms with Crippen molar-refractivity contribution < 1.29 is 14.4 Å². The molecule has 2 heterocycles. The van der Waals surface area contributed by atoms with Crippen LogP contribution >= 0.6 is 34.4 Å². The standard InChI is InChI=1S/C36H28N4O3S3/c1-23(33(41)40-36-39-31(22-45-36)32-18-9-19-44-32)46-28-16-8-15-27(21-28)37-35(43)30(38-34(42)25-11-3-2-4-12-25)20-26-14-7-13-24-10-5-6-17-29(24)26/h2-23H,1H3,(H,37,43)(H,38,42)(H,39,40,41)/b30-20+. The zero-order valence-electron chi connectivity index (χ0n) is 24.6. The molecule has 6 aromatic rings. The molecule has 2 aromatic heterocycles. The van der Waals surface area contributed by atoms with Gasteiger partial charge in [-0.1, -0.05) is 72.8 Å². The van der Waals surface area contributed by atoms with E-state index in [1.54, 1.807) is 53.8 Å². The highest BCUT2D eigenvalue weighted by atomic mass is 32.2. The van der Waals surface area contributed by atoms with Crippen molar-refractivity contribution in [3.05, 3.63) is 137 Å². The number of hydrogen-bond donors (Lipinski definition) is 3. The summed E-state index contributed by atoms with van der Waals surface area (Å²) in [6, 6.07) is 33.7. The number of carbonyl (C=O) groups is 3. The number of nitrogens with one attached hydrogen (secondary N) is 3. The first-order valence-electron chi connectivity index (χ1n) is 14.4. The fourth-order valence-corrected chi connectivity index (χ4v) is 7.05. The number of hydrogen-bond acceptors (Lipinski definition) is 7. The zero-order valence-corrected chi connectivity index (χ0v) is 27.0. The van der Waals surface area contributed by atoms with Gasteiger partial charge in [0.25, 0.3) is 11.8 Å². The summed E-state index contributed by atoms with van der Waals surface area (Å²) in [6.07, 6.45) is 1.69. The summed E-state index contributed by atoms with van der Waals surface area (Å²) in [5.74, 6) is -1.04. The summed E-state index contributed by atoms with van der Waals surface area (Å²) in [5.41, 5.74) is 2.70. The number of fused-ring (bicyclic) bond motifs is 1. The molecule has 0 spiro atoms. The van der Waals surface area contributed by atoms with E-state index in [0.717, 1.165) is 31.8 Å². The maximum atomic E-state index is 13.7. The largest absolute Gasteiger partial charge is 0.321 e. The van der Waals surface area contributed by atoms with Gasteiger partial charge in [0.15, 0.2) is 5.13 Å². The Balaban J connectivity index is 1.17. The fourth-order valence-electron chi connectivity index (χ4n) is 4.65. The van der Waals surface area contributed by atoms with Crippen LogP contribution in [0.5, 0.6) is 0 Å². The van der Waals surface area contributed by atoms with Crippen molar-refractivity contribution in [1.82, 2.24) is 10.3 Å². The first kappa shape index (κ1) is 31.0. The van der Waals surface area contributed by atoms with Gasteiger partial charge in [0, 0.05) is 21.5 Å². The minimum atomic E-state index is -0.476. The third-order valence-electron chi connectivity index (χ3n) is 6.93. The third kappa shape index (κ3) is 7.60. The van der Waals surface area contributed by atoms with E-state index in [9.17, 15) is 14.4 Å². The number of thiazole rings is 1. The molecule has 0 aliphatic heterocycles. The number of aromatic nitrogens is 1. The zero-order chi connectivity index (χ0) is 31.9. The van der Waals surface area contributed by atoms with Crippen LogP contribution in [0.25, 0.3) is 27.4 Å². The second kappa shape index (κ2) is 14.4. The molecule has 3 amide bonds. The van der Waals surface area contributed by atoms with Crippen molar-refractivity contribution in [2.24, 2.45) is 0 Å². The second-order valence-corrected chi connectivity index (χ2v) is 13.4. The molecule has 0 saturated carbocycles. The molecule has 0 radical (unpaired) electrons. The molecule has 0 saturated heterocycles. The van der Waals surface area contributed by atoms with Crippen LogP contribution in [0.3, 0.4) is 0 Å². The second-order valence-electron chi connectivity index (χ2n) is 10.2. The van der Waals surface area contributed by atoms with Crippen LogP contribution in [0.4, 0.5) is 10.8 Å². The van der Waals surface area contributed by atoms with Crippen molar-refractivity contribution in [3.8, 4) is 10.6 Å². The molecule has 7 nitrogen and oxygen atoms in total. The lowest BCUT2D eigenvalue weighted by Crippen LogP contribution is -2.30. The van der Waals surface area contributed by atoms with E-state index >= 15 is 0 Å². The summed E-state index contributed by atoms with van der Waals surface area (Å²) in [5, 5.41) is 14.7. The van der Waals surface area contributed by atoms with Gasteiger partial charge in [-0.3, -0.25) is 14.4 Å². The fraction of sp³-hybridized carbons (Fsp3) is 0.0556. The number of thiophene rings is 1. The Morgan fingerprint density at radius 2 is 1.61 bits per heavy atom. The smallest absolute Gasteiger partial charge is 0.272 e. The number of benzene rings is 4. The number of carbonyl (C=O) groups excluding carboxylic acids is 3. The first-order valence-corrected chi connectivity index (χ1v) is 17.0. The van der Waals surface area contributed by atoms with Gasteiger partial charge in [0.05, 0.1) is 15.8 Å². The Morgan fingerprint density at radius 3 is 2.43 bits per heavy atom. The lowest BCUT2D eigenvalue weighted by Gasteiger charge is -2.14. The average molecular weight is 661 g/mol. The van der Waals surface area contributed by atoms with Crippen molar-refractivity contribution >= 4 is 79.8 Å². The Kier molecular flexibility index (Phi) is 9.68. The van der Waals surface area contributed by atoms with Crippen LogP contribution in [0.15, 0.2) is 131 Å². The molecule has 0 bridgehead atoms. The van der Waals surface area contributed by atoms with E-state index in [4.69, 9.17) is 0 Å². The molecule has 6 rings (SSSR count). The van der Waals surface area contributed by atoms with E-state index in [1.165, 1.54) is 23.1 Å². The molecule has 1 unspecified atom stereocenters. The number of anilines is 2. The van der Waals surface area contributed by atoms with E-state index < -0.39 is 17.1 Å². The van der Waals surface area contributed by atoms with Crippen LogP contribution in [-0.2, 0) is 9.59 Å². The number of thioether (sulfide) groups is 1. The van der Waals surface area contributed by atoms with Gasteiger partial charge in [-0.2, -0.15) is 0 Å². The maximum Gasteiger partial charge on any atom is 0.272 e. The highest BCUT2D eigenvalue weighted by Crippen LogP contribution is 2.30. The van der Waals surface area contributed by atoms with Gasteiger partial charge in [0.2, 0.25) is 5.91 Å². The number of nitrogens with zero attached hydrogens (tertiary/aromatic N) is 1. The molecule has 0 fully saturated rings. The SMILES string of the molecule is CC(Sc1cccc(NC(=O)/C(=C\c2cccc3ccccc23)NC(=O)c2ccccc2)c1)C(=O)Nc1nc(-c2cccs2)cs1. The van der Waals surface area contributed by atoms with Gasteiger partial charge in [-0.05, 0) is 71.1 Å². The van der Waals surface area contributed by atoms with E-state index in [2.05, 4.69) is 20.9 Å². The Labute approximate surface area is 278 Å². The van der Waals surface area contributed by atoms with Gasteiger partial charge in [0.1, 0.15) is 5.70 Å². The van der Waals surface area contributed by atoms with Crippen LogP contribution in [-0.4, -0.2) is 28.0 Å². The summed E-state index contributed by atoms with van der Waals surface area (Å²) in [4.78, 5) is 46.2. The van der Waals surface area contributed by atoms with E-state index in [1.807, 2.05) is 90.5 Å². The molecular formula is C36H28N4O3S3. The summed E-state index contributed by atoms with van der Waals surface area (Å²) in [6.45, 7) is 1.82. The van der Waals surface area contributed by atoms with Crippen LogP contribution in [0.2, 0.25) is 0 Å². The molecule has 4 aromatic carbocycles. The number of rotatable bonds is 10. The molecule has 46 heavy (non-hydrogen) atoms. The van der Waals surface area contributed by atoms with Gasteiger partial charge >= 0.3 is 0 Å². The normalized spacial score (nSPS) is 12.0. The number of amides is 3. The lowest BCUT2D eigenvalue weighted by atomic mass is 10.0. The molecule has 0 aliphatic rings. The minimum Gasteiger partial charge on any atom is -0.321 e. The molecule has 0 aliphatic carbocycles. The average Bonchev–Trinajstić information content (AvgIpc) is 3.78. The van der Waals surface area contributed by atoms with Gasteiger partial charge in [-0.15, -0.1) is 34.4 Å². The van der Waals surface area contributed by atoms with Crippen LogP contribution < -0.4 is 16.0 Å². The van der Waals surface area contributed by atoms with Gasteiger partial charge < -0.3 is 16.0 Å². The summed E-state index contributed by atoms with van der Waals surface area (Å²) < 4.78 is 0. The van der Waals surface area contributed by atoms with Crippen LogP contribution in [0, 0.1) is 0 Å². The molecular weight excluding hydrogens is 633 g/mol. The van der Waals surface area contributed by atoms with Crippen molar-refractivity contribution in [2.45, 2.75) is 17.1 Å². The van der Waals surface area contributed by atoms with Gasteiger partial charge in [-0.25, -0.2) is 4.98 Å². The first-order chi connectivity index (χ1) is 22.4. The lowest BCUT2D eigenvalue weighted by molar-refractivity contribution is -0.115. The molecule has 3 N–H and O–H groups in total. The Bertz CT molecular complexity index is 2030. The summed E-state index contributed by atoms with van der Waals surface area (Å²) in [7, 11) is 0. The predicted molar refractivity (Wildman–Crippen MR) is 190 cm³/mol. The minimum absolute atomic E-state index is 0.0985. The monoisotopic (exact) mass is 660 g/mol. The highest BCUT2D eigenvalue weighted by Gasteiger charge is 2.19. The quantitative estimate of drug-likeness (QED) is 0.101. The van der Waals surface area contributed by atoms with Crippen molar-refractivity contribution in [1.29, 1.82) is 0 Å². The molecule has 10 heteroatoms. The summed E-state index contributed by atoms with van der Waals surface area (Å²) >= 11 is 4.35. The predicted octanol–water partition coefficient (Wildman–Crippen LogP) is 8.55. The maximum absolute atomic E-state index is 13.7. The highest BCUT2D eigenvalue weighted by molar-refractivity contribution is 8.00. The van der Waals surface area contributed by atoms with Crippen molar-refractivity contribution in [2.75, 3.05) is 10.6 Å². The van der Waals surface area contributed by atoms with Crippen LogP contribution in [0.1, 0.15) is 22.8 Å². The third-order valence-corrected chi connectivity index (χ3v) is 9.68. The molecule has 1 atom stereocenters. The Hall–Kier alpha value is -5.03. The van der Waals surface area contributed by atoms with Crippen molar-refractivity contribution in [3.63, 3.8) is 0 Å². The van der Waals surface area contributed by atoms with E-state index in [-0.39, 0.29) is 11.6 Å². The Morgan fingerprint density at radius 1 is 0.826 bits per heavy atom. The van der Waals surface area contributed by atoms with E-state index in [0.29, 0.717) is 16.4 Å². The topological polar surface area (TPSA) is 100 Å². The molecule has 228 valence electrons.